The van der Waals surface area contributed by atoms with Crippen molar-refractivity contribution < 1.29 is 9.53 Å². The Balaban J connectivity index is 3.31. The van der Waals surface area contributed by atoms with E-state index in [2.05, 4.69) is 0 Å². The maximum absolute atomic E-state index is 11.0. The maximum atomic E-state index is 11.0. The summed E-state index contributed by atoms with van der Waals surface area (Å²) in [5, 5.41) is -0.274. The van der Waals surface area contributed by atoms with E-state index >= 15 is 0 Å². The number of carbonyl (C=O) groups is 1. The molecule has 0 aliphatic heterocycles. The molecule has 1 aromatic carbocycles. The van der Waals surface area contributed by atoms with E-state index in [1.165, 1.54) is 13.2 Å². The second-order valence-electron chi connectivity index (χ2n) is 2.33. The molecule has 0 spiro atoms. The van der Waals surface area contributed by atoms with Crippen molar-refractivity contribution >= 4 is 50.1 Å². The van der Waals surface area contributed by atoms with Crippen LogP contribution in [0.2, 0.25) is 5.02 Å². The molecule has 0 unspecified atom stereocenters. The number of methoxy groups -OCH3 is 1. The van der Waals surface area contributed by atoms with Crippen LogP contribution >= 0.6 is 44.9 Å². The number of hydrogen-bond donors (Lipinski definition) is 0. The standard InChI is InChI=1S/C8H5Cl3O2S/c1-13-6-3-7(14-11)4(8(10)12)2-5(6)9/h2-3H,1H3. The Morgan fingerprint density at radius 2 is 2.14 bits per heavy atom. The summed E-state index contributed by atoms with van der Waals surface area (Å²) in [7, 11) is 7.93. The monoisotopic (exact) mass is 270 g/mol. The summed E-state index contributed by atoms with van der Waals surface area (Å²) in [6.45, 7) is 0. The fraction of sp³-hybridized carbons (Fsp3) is 0.125. The minimum Gasteiger partial charge on any atom is -0.495 e. The van der Waals surface area contributed by atoms with Crippen LogP contribution in [0.3, 0.4) is 0 Å². The predicted octanol–water partition coefficient (Wildman–Crippen LogP) is 3.97. The summed E-state index contributed by atoms with van der Waals surface area (Å²) in [6.07, 6.45) is 0. The number of hydrogen-bond acceptors (Lipinski definition) is 3. The van der Waals surface area contributed by atoms with Gasteiger partial charge in [-0.05, 0) is 45.4 Å². The SMILES string of the molecule is COc1cc(SCl)c(C(=O)Cl)cc1Cl. The summed E-state index contributed by atoms with van der Waals surface area (Å²) in [5.41, 5.74) is 0.275. The van der Waals surface area contributed by atoms with Gasteiger partial charge in [0.1, 0.15) is 5.75 Å². The van der Waals surface area contributed by atoms with Crippen LogP contribution in [0.25, 0.3) is 0 Å². The third-order valence-corrected chi connectivity index (χ3v) is 3.05. The van der Waals surface area contributed by atoms with Gasteiger partial charge in [-0.3, -0.25) is 4.79 Å². The van der Waals surface area contributed by atoms with Gasteiger partial charge in [0.25, 0.3) is 5.24 Å². The van der Waals surface area contributed by atoms with Gasteiger partial charge in [-0.1, -0.05) is 11.6 Å². The van der Waals surface area contributed by atoms with Gasteiger partial charge in [-0.15, -0.1) is 0 Å². The highest BCUT2D eigenvalue weighted by Crippen LogP contribution is 2.35. The molecule has 0 atom stereocenters. The molecule has 2 nitrogen and oxygen atoms in total. The molecule has 0 saturated carbocycles. The molecule has 0 N–H and O–H groups in total. The average molecular weight is 272 g/mol. The molecule has 0 heterocycles. The zero-order valence-electron chi connectivity index (χ0n) is 7.01. The molecule has 0 bridgehead atoms. The van der Waals surface area contributed by atoms with E-state index in [1.807, 2.05) is 0 Å². The van der Waals surface area contributed by atoms with Crippen LogP contribution in [0.15, 0.2) is 17.0 Å². The fourth-order valence-electron chi connectivity index (χ4n) is 0.909. The summed E-state index contributed by atoms with van der Waals surface area (Å²) in [4.78, 5) is 11.5. The third kappa shape index (κ3) is 2.48. The van der Waals surface area contributed by atoms with Gasteiger partial charge < -0.3 is 4.74 Å². The first-order valence-electron chi connectivity index (χ1n) is 3.46. The lowest BCUT2D eigenvalue weighted by molar-refractivity contribution is 0.107. The number of rotatable bonds is 3. The zero-order valence-corrected chi connectivity index (χ0v) is 10.1. The van der Waals surface area contributed by atoms with E-state index in [0.29, 0.717) is 15.7 Å². The summed E-state index contributed by atoms with van der Waals surface area (Å²) >= 11 is 11.2. The number of halogens is 3. The van der Waals surface area contributed by atoms with Crippen LogP contribution in [-0.4, -0.2) is 12.4 Å². The van der Waals surface area contributed by atoms with Crippen LogP contribution in [0.4, 0.5) is 0 Å². The van der Waals surface area contributed by atoms with E-state index in [4.69, 9.17) is 38.6 Å². The highest BCUT2D eigenvalue weighted by atomic mass is 35.7. The third-order valence-electron chi connectivity index (χ3n) is 1.55. The Kier molecular flexibility index (Phi) is 4.38. The van der Waals surface area contributed by atoms with Gasteiger partial charge in [-0.25, -0.2) is 0 Å². The Bertz CT molecular complexity index is 368. The Labute approximate surface area is 100.0 Å². The molecule has 6 heteroatoms. The van der Waals surface area contributed by atoms with E-state index in [-0.39, 0.29) is 5.56 Å². The average Bonchev–Trinajstić information content (AvgIpc) is 2.17. The smallest absolute Gasteiger partial charge is 0.253 e. The molecule has 1 aromatic rings. The highest BCUT2D eigenvalue weighted by molar-refractivity contribution is 8.21. The van der Waals surface area contributed by atoms with Crippen LogP contribution in [-0.2, 0) is 0 Å². The minimum absolute atomic E-state index is 0.275. The van der Waals surface area contributed by atoms with Gasteiger partial charge in [0.05, 0.1) is 17.7 Å². The molecule has 0 aromatic heterocycles. The highest BCUT2D eigenvalue weighted by Gasteiger charge is 2.13. The first kappa shape index (κ1) is 12.0. The summed E-state index contributed by atoms with van der Waals surface area (Å²) < 4.78 is 4.96. The van der Waals surface area contributed by atoms with Gasteiger partial charge in [0, 0.05) is 4.90 Å². The second kappa shape index (κ2) is 5.12. The normalized spacial score (nSPS) is 10.0. The number of benzene rings is 1. The topological polar surface area (TPSA) is 26.3 Å². The Hall–Kier alpha value is -0.0900. The van der Waals surface area contributed by atoms with Gasteiger partial charge in [-0.2, -0.15) is 0 Å². The van der Waals surface area contributed by atoms with Crippen molar-refractivity contribution in [1.29, 1.82) is 0 Å². The Morgan fingerprint density at radius 3 is 2.57 bits per heavy atom. The van der Waals surface area contributed by atoms with Crippen molar-refractivity contribution in [2.45, 2.75) is 4.90 Å². The van der Waals surface area contributed by atoms with Crippen LogP contribution < -0.4 is 4.74 Å². The molecular weight excluding hydrogens is 267 g/mol. The largest absolute Gasteiger partial charge is 0.495 e. The van der Waals surface area contributed by atoms with Crippen LogP contribution in [0.1, 0.15) is 10.4 Å². The van der Waals surface area contributed by atoms with E-state index < -0.39 is 5.24 Å². The second-order valence-corrected chi connectivity index (χ2v) is 4.14. The lowest BCUT2D eigenvalue weighted by Crippen LogP contribution is -1.94. The maximum Gasteiger partial charge on any atom is 0.253 e. The van der Waals surface area contributed by atoms with E-state index in [0.717, 1.165) is 11.0 Å². The molecule has 0 amide bonds. The van der Waals surface area contributed by atoms with Crippen molar-refractivity contribution in [2.24, 2.45) is 0 Å². The van der Waals surface area contributed by atoms with E-state index in [1.54, 1.807) is 6.07 Å². The van der Waals surface area contributed by atoms with E-state index in [9.17, 15) is 4.79 Å². The Morgan fingerprint density at radius 1 is 1.50 bits per heavy atom. The molecule has 0 radical (unpaired) electrons. The van der Waals surface area contributed by atoms with Gasteiger partial charge >= 0.3 is 0 Å². The zero-order chi connectivity index (χ0) is 10.7. The van der Waals surface area contributed by atoms with Gasteiger partial charge in [0.2, 0.25) is 0 Å². The van der Waals surface area contributed by atoms with Crippen LogP contribution in [0.5, 0.6) is 5.75 Å². The molecule has 14 heavy (non-hydrogen) atoms. The molecule has 0 aliphatic carbocycles. The number of ether oxygens (including phenoxy) is 1. The lowest BCUT2D eigenvalue weighted by atomic mass is 10.2. The summed E-state index contributed by atoms with van der Waals surface area (Å²) in [5.74, 6) is 0.455. The first-order valence-corrected chi connectivity index (χ1v) is 5.86. The first-order chi connectivity index (χ1) is 6.60. The van der Waals surface area contributed by atoms with Crippen molar-refractivity contribution in [1.82, 2.24) is 0 Å². The van der Waals surface area contributed by atoms with Gasteiger partial charge in [0.15, 0.2) is 0 Å². The molecular formula is C8H5Cl3O2S. The lowest BCUT2D eigenvalue weighted by Gasteiger charge is -2.07. The quantitative estimate of drug-likeness (QED) is 0.778. The molecule has 1 rings (SSSR count). The predicted molar refractivity (Wildman–Crippen MR) is 59.9 cm³/mol. The number of carbonyl (C=O) groups excluding carboxylic acids is 1. The van der Waals surface area contributed by atoms with Crippen molar-refractivity contribution in [3.63, 3.8) is 0 Å². The molecule has 0 aliphatic rings. The molecule has 0 saturated heterocycles. The fourth-order valence-corrected chi connectivity index (χ4v) is 2.13. The van der Waals surface area contributed by atoms with Crippen molar-refractivity contribution in [2.75, 3.05) is 7.11 Å². The van der Waals surface area contributed by atoms with Crippen molar-refractivity contribution in [3.8, 4) is 5.75 Å². The molecule has 0 fully saturated rings. The van der Waals surface area contributed by atoms with Crippen LogP contribution in [0, 0.1) is 0 Å². The minimum atomic E-state index is -0.599. The van der Waals surface area contributed by atoms with Crippen molar-refractivity contribution in [3.05, 3.63) is 22.7 Å². The summed E-state index contributed by atoms with van der Waals surface area (Å²) in [6, 6.07) is 3.00. The molecule has 76 valence electrons.